The second-order valence-electron chi connectivity index (χ2n) is 11.5. The van der Waals surface area contributed by atoms with E-state index in [2.05, 4.69) is 10.3 Å². The normalized spacial score (nSPS) is 30.3. The second kappa shape index (κ2) is 11.9. The van der Waals surface area contributed by atoms with Gasteiger partial charge in [0.05, 0.1) is 35.9 Å². The molecule has 5 rings (SSSR count). The van der Waals surface area contributed by atoms with Gasteiger partial charge in [-0.05, 0) is 44.0 Å². The molecule has 42 heavy (non-hydrogen) atoms. The van der Waals surface area contributed by atoms with E-state index in [4.69, 9.17) is 9.47 Å². The van der Waals surface area contributed by atoms with Crippen molar-refractivity contribution in [2.75, 3.05) is 13.2 Å². The predicted molar refractivity (Wildman–Crippen MR) is 148 cm³/mol. The number of aromatic nitrogens is 3. The molecule has 2 saturated heterocycles. The number of hydrogen-bond donors (Lipinski definition) is 4. The van der Waals surface area contributed by atoms with Crippen LogP contribution in [0.1, 0.15) is 49.1 Å². The lowest BCUT2D eigenvalue weighted by molar-refractivity contribution is -0.179. The van der Waals surface area contributed by atoms with Crippen LogP contribution in [0.15, 0.2) is 42.6 Å². The summed E-state index contributed by atoms with van der Waals surface area (Å²) in [4.78, 5) is 0. The highest BCUT2D eigenvalue weighted by atomic mass is 32.2. The number of ether oxygens (including phenoxy) is 2. The van der Waals surface area contributed by atoms with E-state index < -0.39 is 70.3 Å². The predicted octanol–water partition coefficient (Wildman–Crippen LogP) is 3.45. The lowest BCUT2D eigenvalue weighted by atomic mass is 9.79. The molecule has 0 saturated carbocycles. The summed E-state index contributed by atoms with van der Waals surface area (Å²) in [7, 11) is 0. The Bertz CT molecular complexity index is 1400. The third kappa shape index (κ3) is 5.96. The molecule has 0 spiro atoms. The van der Waals surface area contributed by atoms with Crippen LogP contribution in [0.25, 0.3) is 11.3 Å². The lowest BCUT2D eigenvalue weighted by Crippen LogP contribution is -2.56. The standard InChI is InChI=1S/C29H34F3N3O6S/c1-15-6-4-5-7-17(15)26(29(39)8-9-40-28(2,3)14-29)42-27-25(38)23(24(37)21(13-36)41-27)35-12-20(33-34-35)16-10-18(30)22(32)19(31)11-16/h4-7,10-12,21,23-27,36-39H,8-9,13-14H2,1-3H3/t21-,23+,24+,25-,26-,27+,29+/m1/s1. The van der Waals surface area contributed by atoms with Gasteiger partial charge in [-0.25, -0.2) is 17.9 Å². The summed E-state index contributed by atoms with van der Waals surface area (Å²) in [6.45, 7) is 5.47. The smallest absolute Gasteiger partial charge is 0.194 e. The number of halogens is 3. The fraction of sp³-hybridized carbons (Fsp3) is 0.517. The van der Waals surface area contributed by atoms with Crippen molar-refractivity contribution in [1.29, 1.82) is 0 Å². The molecule has 9 nitrogen and oxygen atoms in total. The monoisotopic (exact) mass is 609 g/mol. The first-order chi connectivity index (χ1) is 19.8. The molecule has 0 bridgehead atoms. The minimum absolute atomic E-state index is 0.0278. The van der Waals surface area contributed by atoms with Crippen LogP contribution in [0.4, 0.5) is 13.2 Å². The minimum atomic E-state index is -1.62. The maximum atomic E-state index is 13.9. The highest BCUT2D eigenvalue weighted by Gasteiger charge is 2.51. The van der Waals surface area contributed by atoms with Gasteiger partial charge in [-0.15, -0.1) is 16.9 Å². The van der Waals surface area contributed by atoms with Crippen LogP contribution < -0.4 is 0 Å². The summed E-state index contributed by atoms with van der Waals surface area (Å²) >= 11 is 1.17. The fourth-order valence-corrected chi connectivity index (χ4v) is 7.52. The summed E-state index contributed by atoms with van der Waals surface area (Å²) in [5, 5.41) is 52.0. The van der Waals surface area contributed by atoms with Crippen LogP contribution >= 0.6 is 11.8 Å². The SMILES string of the molecule is Cc1ccccc1[C@@H](S[C@@H]1O[C@H](CO)[C@H](O)[C@H](n2cc(-c3cc(F)c(F)c(F)c3)nn2)[C@H]1O)[C@]1(O)CCOC(C)(C)C1. The van der Waals surface area contributed by atoms with Crippen molar-refractivity contribution in [3.05, 3.63) is 71.2 Å². The van der Waals surface area contributed by atoms with Gasteiger partial charge in [-0.3, -0.25) is 0 Å². The molecular formula is C29H34F3N3O6S. The van der Waals surface area contributed by atoms with Crippen LogP contribution in [-0.4, -0.2) is 83.6 Å². The Morgan fingerprint density at radius 2 is 1.81 bits per heavy atom. The van der Waals surface area contributed by atoms with Gasteiger partial charge in [-0.2, -0.15) is 0 Å². The third-order valence-electron chi connectivity index (χ3n) is 7.93. The fourth-order valence-electron chi connectivity index (χ4n) is 5.86. The molecule has 2 fully saturated rings. The Balaban J connectivity index is 1.49. The highest BCUT2D eigenvalue weighted by Crippen LogP contribution is 2.51. The van der Waals surface area contributed by atoms with Crippen molar-refractivity contribution in [3.63, 3.8) is 0 Å². The average Bonchev–Trinajstić information content (AvgIpc) is 3.41. The van der Waals surface area contributed by atoms with Gasteiger partial charge < -0.3 is 29.9 Å². The molecule has 3 heterocycles. The van der Waals surface area contributed by atoms with Crippen molar-refractivity contribution < 1.29 is 43.1 Å². The molecule has 1 aromatic heterocycles. The summed E-state index contributed by atoms with van der Waals surface area (Å²) in [5.41, 5.74) is -1.27. The molecule has 2 aromatic carbocycles. The van der Waals surface area contributed by atoms with E-state index in [0.717, 1.165) is 27.9 Å². The first-order valence-corrected chi connectivity index (χ1v) is 14.5. The number of nitrogens with zero attached hydrogens (tertiary/aromatic N) is 3. The molecule has 7 atom stereocenters. The Kier molecular flexibility index (Phi) is 8.74. The summed E-state index contributed by atoms with van der Waals surface area (Å²) in [6.07, 6.45) is -2.10. The first kappa shape index (κ1) is 30.9. The van der Waals surface area contributed by atoms with Gasteiger partial charge in [0.15, 0.2) is 17.5 Å². The van der Waals surface area contributed by atoms with E-state index in [9.17, 15) is 33.6 Å². The van der Waals surface area contributed by atoms with Gasteiger partial charge in [0.2, 0.25) is 0 Å². The number of rotatable bonds is 7. The van der Waals surface area contributed by atoms with E-state index >= 15 is 0 Å². The van der Waals surface area contributed by atoms with Crippen molar-refractivity contribution in [2.24, 2.45) is 0 Å². The summed E-state index contributed by atoms with van der Waals surface area (Å²) in [6, 6.07) is 7.92. The van der Waals surface area contributed by atoms with E-state index in [1.165, 1.54) is 18.0 Å². The number of aliphatic hydroxyl groups excluding tert-OH is 3. The molecule has 2 aliphatic heterocycles. The largest absolute Gasteiger partial charge is 0.394 e. The van der Waals surface area contributed by atoms with Gasteiger partial charge in [-0.1, -0.05) is 29.5 Å². The molecule has 0 unspecified atom stereocenters. The zero-order chi connectivity index (χ0) is 30.4. The van der Waals surface area contributed by atoms with Crippen LogP contribution in [0, 0.1) is 24.4 Å². The van der Waals surface area contributed by atoms with Crippen LogP contribution in [-0.2, 0) is 9.47 Å². The third-order valence-corrected chi connectivity index (χ3v) is 9.56. The van der Waals surface area contributed by atoms with Crippen LogP contribution in [0.5, 0.6) is 0 Å². The maximum Gasteiger partial charge on any atom is 0.194 e. The van der Waals surface area contributed by atoms with Gasteiger partial charge in [0.25, 0.3) is 0 Å². The topological polar surface area (TPSA) is 130 Å². The minimum Gasteiger partial charge on any atom is -0.394 e. The van der Waals surface area contributed by atoms with Gasteiger partial charge in [0.1, 0.15) is 35.5 Å². The van der Waals surface area contributed by atoms with Crippen molar-refractivity contribution in [1.82, 2.24) is 15.0 Å². The van der Waals surface area contributed by atoms with Crippen molar-refractivity contribution in [3.8, 4) is 11.3 Å². The maximum absolute atomic E-state index is 13.9. The molecule has 2 aliphatic rings. The molecule has 0 radical (unpaired) electrons. The molecular weight excluding hydrogens is 575 g/mol. The Morgan fingerprint density at radius 1 is 1.12 bits per heavy atom. The summed E-state index contributed by atoms with van der Waals surface area (Å²) < 4.78 is 54.2. The number of thioether (sulfide) groups is 1. The molecule has 228 valence electrons. The highest BCUT2D eigenvalue weighted by molar-refractivity contribution is 8.00. The Morgan fingerprint density at radius 3 is 2.45 bits per heavy atom. The zero-order valence-electron chi connectivity index (χ0n) is 23.3. The molecule has 0 amide bonds. The van der Waals surface area contributed by atoms with Gasteiger partial charge in [0, 0.05) is 18.4 Å². The quantitative estimate of drug-likeness (QED) is 0.298. The van der Waals surface area contributed by atoms with Crippen LogP contribution in [0.2, 0.25) is 0 Å². The van der Waals surface area contributed by atoms with Crippen molar-refractivity contribution >= 4 is 11.8 Å². The molecule has 3 aromatic rings. The molecule has 0 aliphatic carbocycles. The number of hydrogen-bond acceptors (Lipinski definition) is 9. The van der Waals surface area contributed by atoms with Crippen LogP contribution in [0.3, 0.4) is 0 Å². The average molecular weight is 610 g/mol. The Labute approximate surface area is 245 Å². The number of aryl methyl sites for hydroxylation is 1. The van der Waals surface area contributed by atoms with Crippen molar-refractivity contribution in [2.45, 2.75) is 79.9 Å². The van der Waals surface area contributed by atoms with E-state index in [0.29, 0.717) is 19.4 Å². The van der Waals surface area contributed by atoms with E-state index in [1.807, 2.05) is 45.0 Å². The first-order valence-electron chi connectivity index (χ1n) is 13.6. The molecule has 13 heteroatoms. The zero-order valence-corrected chi connectivity index (χ0v) is 24.1. The lowest BCUT2D eigenvalue weighted by Gasteiger charge is -2.48. The number of aliphatic hydroxyl groups is 4. The van der Waals surface area contributed by atoms with Gasteiger partial charge >= 0.3 is 0 Å². The summed E-state index contributed by atoms with van der Waals surface area (Å²) in [5.74, 6) is -4.43. The van der Waals surface area contributed by atoms with E-state index in [-0.39, 0.29) is 11.3 Å². The van der Waals surface area contributed by atoms with E-state index in [1.54, 1.807) is 0 Å². The Hall–Kier alpha value is -2.52. The molecule has 4 N–H and O–H groups in total. The second-order valence-corrected chi connectivity index (χ2v) is 12.8. The number of benzene rings is 2.